The Labute approximate surface area is 262 Å². The van der Waals surface area contributed by atoms with Gasteiger partial charge in [-0.2, -0.15) is 39.5 Å². The maximum absolute atomic E-state index is 14.0. The summed E-state index contributed by atoms with van der Waals surface area (Å²) in [6.07, 6.45) is -17.0. The van der Waals surface area contributed by atoms with Gasteiger partial charge in [0.1, 0.15) is 6.17 Å². The molecule has 0 aromatic heterocycles. The molecular weight excluding hydrogens is 674 g/mol. The van der Waals surface area contributed by atoms with E-state index in [0.29, 0.717) is 12.1 Å². The first-order valence-electron chi connectivity index (χ1n) is 12.8. The smallest absolute Gasteiger partial charge is 0.332 e. The predicted molar refractivity (Wildman–Crippen MR) is 150 cm³/mol. The second-order valence-electron chi connectivity index (χ2n) is 10.2. The largest absolute Gasteiger partial charge is 0.417 e. The van der Waals surface area contributed by atoms with E-state index in [9.17, 15) is 49.1 Å². The lowest BCUT2D eigenvalue weighted by atomic mass is 9.96. The molecule has 4 nitrogen and oxygen atoms in total. The van der Waals surface area contributed by atoms with Crippen LogP contribution in [0.2, 0.25) is 15.1 Å². The summed E-state index contributed by atoms with van der Waals surface area (Å²) in [5, 5.41) is 1.48. The molecular formula is C28H26Cl3F9N2O2. The highest BCUT2D eigenvalue weighted by Gasteiger charge is 2.40. The summed E-state index contributed by atoms with van der Waals surface area (Å²) in [5.41, 5.74) is -3.18. The second kappa shape index (κ2) is 14.6. The minimum absolute atomic E-state index is 0.0988. The highest BCUT2D eigenvalue weighted by Crippen LogP contribution is 2.41. The molecule has 0 radical (unpaired) electrons. The average molecular weight is 700 g/mol. The first-order chi connectivity index (χ1) is 20.0. The molecule has 244 valence electrons. The molecule has 2 aromatic carbocycles. The average Bonchev–Trinajstić information content (AvgIpc) is 2.87. The van der Waals surface area contributed by atoms with Gasteiger partial charge >= 0.3 is 18.5 Å². The van der Waals surface area contributed by atoms with Crippen LogP contribution in [0.3, 0.4) is 0 Å². The van der Waals surface area contributed by atoms with E-state index < -0.39 is 72.0 Å². The Morgan fingerprint density at radius 3 is 1.95 bits per heavy atom. The number of allylic oxidation sites excluding steroid dienone is 1. The number of benzene rings is 2. The van der Waals surface area contributed by atoms with Crippen LogP contribution in [0, 0.1) is 5.92 Å². The summed E-state index contributed by atoms with van der Waals surface area (Å²) in [7, 11) is 0. The fourth-order valence-electron chi connectivity index (χ4n) is 4.08. The van der Waals surface area contributed by atoms with E-state index in [1.54, 1.807) is 13.8 Å². The van der Waals surface area contributed by atoms with Gasteiger partial charge in [0, 0.05) is 13.0 Å². The van der Waals surface area contributed by atoms with Crippen molar-refractivity contribution in [2.24, 2.45) is 5.92 Å². The summed E-state index contributed by atoms with van der Waals surface area (Å²) >= 11 is 17.5. The van der Waals surface area contributed by atoms with Gasteiger partial charge in [0.15, 0.2) is 0 Å². The van der Waals surface area contributed by atoms with Gasteiger partial charge in [-0.25, -0.2) is 0 Å². The maximum atomic E-state index is 14.0. The van der Waals surface area contributed by atoms with Gasteiger partial charge in [-0.1, -0.05) is 66.9 Å². The highest BCUT2D eigenvalue weighted by atomic mass is 35.5. The molecule has 0 aliphatic heterocycles. The van der Waals surface area contributed by atoms with Gasteiger partial charge in [0.05, 0.1) is 38.5 Å². The number of carbonyl (C=O) groups is 2. The normalized spacial score (nSPS) is 14.2. The zero-order valence-corrected chi connectivity index (χ0v) is 25.5. The first-order valence-corrected chi connectivity index (χ1v) is 13.9. The molecule has 44 heavy (non-hydrogen) atoms. The van der Waals surface area contributed by atoms with Gasteiger partial charge in [-0.15, -0.1) is 0 Å². The molecule has 0 fully saturated rings. The third-order valence-electron chi connectivity index (χ3n) is 6.10. The van der Waals surface area contributed by atoms with Crippen molar-refractivity contribution >= 4 is 52.7 Å². The fourth-order valence-corrected chi connectivity index (χ4v) is 4.69. The minimum atomic E-state index is -5.14. The van der Waals surface area contributed by atoms with Crippen molar-refractivity contribution in [2.75, 3.05) is 6.54 Å². The number of halogens is 12. The Morgan fingerprint density at radius 2 is 1.48 bits per heavy atom. The van der Waals surface area contributed by atoms with Gasteiger partial charge < -0.3 is 10.2 Å². The predicted octanol–water partition coefficient (Wildman–Crippen LogP) is 9.93. The number of hydrogen-bond donors (Lipinski definition) is 1. The highest BCUT2D eigenvalue weighted by molar-refractivity contribution is 6.48. The summed E-state index contributed by atoms with van der Waals surface area (Å²) < 4.78 is 121. The molecule has 1 unspecified atom stereocenters. The van der Waals surface area contributed by atoms with Crippen molar-refractivity contribution in [2.45, 2.75) is 64.2 Å². The van der Waals surface area contributed by atoms with Crippen molar-refractivity contribution in [3.8, 4) is 0 Å². The molecule has 0 spiro atoms. The molecule has 2 rings (SSSR count). The summed E-state index contributed by atoms with van der Waals surface area (Å²) in [5.74, 6) is -4.88. The molecule has 0 heterocycles. The van der Waals surface area contributed by atoms with Gasteiger partial charge in [0.2, 0.25) is 5.91 Å². The van der Waals surface area contributed by atoms with E-state index in [4.69, 9.17) is 34.8 Å². The lowest BCUT2D eigenvalue weighted by molar-refractivity contribution is -0.150. The van der Waals surface area contributed by atoms with Crippen molar-refractivity contribution in [3.63, 3.8) is 0 Å². The van der Waals surface area contributed by atoms with Gasteiger partial charge in [0.25, 0.3) is 5.91 Å². The quantitative estimate of drug-likeness (QED) is 0.153. The summed E-state index contributed by atoms with van der Waals surface area (Å²) in [6, 6.07) is 4.02. The zero-order valence-electron chi connectivity index (χ0n) is 23.2. The molecule has 2 amide bonds. The van der Waals surface area contributed by atoms with E-state index in [-0.39, 0.29) is 33.1 Å². The Morgan fingerprint density at radius 1 is 0.909 bits per heavy atom. The third kappa shape index (κ3) is 10.8. The van der Waals surface area contributed by atoms with Crippen molar-refractivity contribution in [1.29, 1.82) is 0 Å². The van der Waals surface area contributed by atoms with Crippen LogP contribution >= 0.6 is 34.8 Å². The molecule has 0 saturated heterocycles. The SMILES string of the molecule is CC(C)CN(C(=O)CCC(F)(F)F)[C@@H](C)NC(=O)c1ccc(C=CC(c2cc(Cl)c(Cl)c(Cl)c2)C(F)(F)F)cc1C(F)(F)F. The molecule has 0 saturated carbocycles. The Balaban J connectivity index is 2.41. The molecule has 16 heteroatoms. The molecule has 0 aliphatic carbocycles. The van der Waals surface area contributed by atoms with E-state index in [1.807, 2.05) is 0 Å². The second-order valence-corrected chi connectivity index (χ2v) is 11.4. The lowest BCUT2D eigenvalue weighted by Crippen LogP contribution is -2.50. The number of nitrogens with zero attached hydrogens (tertiary/aromatic N) is 1. The number of hydrogen-bond acceptors (Lipinski definition) is 2. The van der Waals surface area contributed by atoms with Crippen molar-refractivity contribution in [3.05, 3.63) is 73.7 Å². The summed E-state index contributed by atoms with van der Waals surface area (Å²) in [6.45, 7) is 4.42. The summed E-state index contributed by atoms with van der Waals surface area (Å²) in [4.78, 5) is 26.3. The third-order valence-corrected chi connectivity index (χ3v) is 7.30. The van der Waals surface area contributed by atoms with Crippen LogP contribution in [0.1, 0.15) is 66.6 Å². The van der Waals surface area contributed by atoms with Crippen LogP contribution in [0.5, 0.6) is 0 Å². The number of nitrogens with one attached hydrogen (secondary N) is 1. The molecule has 1 N–H and O–H groups in total. The van der Waals surface area contributed by atoms with Crippen LogP contribution in [0.4, 0.5) is 39.5 Å². The Hall–Kier alpha value is -2.64. The van der Waals surface area contributed by atoms with Gasteiger partial charge in [-0.05, 0) is 48.2 Å². The van der Waals surface area contributed by atoms with Crippen LogP contribution in [0.25, 0.3) is 6.08 Å². The molecule has 2 atom stereocenters. The monoisotopic (exact) mass is 698 g/mol. The fraction of sp³-hybridized carbons (Fsp3) is 0.429. The van der Waals surface area contributed by atoms with E-state index in [2.05, 4.69) is 5.32 Å². The number of carbonyl (C=O) groups excluding carboxylic acids is 2. The number of alkyl halides is 9. The first kappa shape index (κ1) is 37.5. The van der Waals surface area contributed by atoms with Crippen LogP contribution in [0.15, 0.2) is 36.4 Å². The molecule has 0 aliphatic rings. The standard InChI is InChI=1S/C28H26Cl3F9N2O2/c1-14(2)13-42(23(43)8-9-26(32,33)34)15(3)41-25(44)18-6-4-16(10-20(18)28(38,39)40)5-7-19(27(35,36)37)17-11-21(29)24(31)22(30)12-17/h4-7,10-12,14-15,19H,8-9,13H2,1-3H3,(H,41,44)/t15-,19?/m0/s1. The van der Waals surface area contributed by atoms with E-state index in [0.717, 1.165) is 35.2 Å². The van der Waals surface area contributed by atoms with E-state index >= 15 is 0 Å². The number of rotatable bonds is 10. The Kier molecular flexibility index (Phi) is 12.5. The topological polar surface area (TPSA) is 49.4 Å². The van der Waals surface area contributed by atoms with Crippen molar-refractivity contribution in [1.82, 2.24) is 10.2 Å². The number of amides is 2. The Bertz CT molecular complexity index is 1350. The molecule has 0 bridgehead atoms. The minimum Gasteiger partial charge on any atom is -0.332 e. The van der Waals surface area contributed by atoms with Crippen molar-refractivity contribution < 1.29 is 49.1 Å². The lowest BCUT2D eigenvalue weighted by Gasteiger charge is -2.32. The van der Waals surface area contributed by atoms with Gasteiger partial charge in [-0.3, -0.25) is 9.59 Å². The maximum Gasteiger partial charge on any atom is 0.417 e. The van der Waals surface area contributed by atoms with Crippen LogP contribution in [-0.4, -0.2) is 41.8 Å². The van der Waals surface area contributed by atoms with Crippen LogP contribution in [-0.2, 0) is 11.0 Å². The van der Waals surface area contributed by atoms with Crippen LogP contribution < -0.4 is 5.32 Å². The molecule has 2 aromatic rings. The van der Waals surface area contributed by atoms with E-state index in [1.165, 1.54) is 6.92 Å². The zero-order chi connectivity index (χ0) is 33.8.